The molecule has 0 bridgehead atoms. The number of rotatable bonds is 7. The highest BCUT2D eigenvalue weighted by Gasteiger charge is 2.24. The molecule has 1 aliphatic heterocycles. The lowest BCUT2D eigenvalue weighted by Crippen LogP contribution is -2.47. The summed E-state index contributed by atoms with van der Waals surface area (Å²) in [5, 5.41) is 9.87. The molecule has 0 aliphatic carbocycles. The molecule has 0 amide bonds. The van der Waals surface area contributed by atoms with Crippen molar-refractivity contribution < 1.29 is 24.1 Å². The van der Waals surface area contributed by atoms with E-state index in [0.29, 0.717) is 26.3 Å². The van der Waals surface area contributed by atoms with Crippen LogP contribution in [0.1, 0.15) is 20.3 Å². The van der Waals surface area contributed by atoms with Crippen LogP contribution in [-0.4, -0.2) is 74.2 Å². The number of aliphatic hydroxyl groups excluding tert-OH is 1. The maximum absolute atomic E-state index is 11.2. The lowest BCUT2D eigenvalue weighted by Gasteiger charge is -2.33. The molecular formula is C13H25NO5. The van der Waals surface area contributed by atoms with Crippen molar-refractivity contribution in [2.24, 2.45) is 0 Å². The number of ether oxygens (including phenoxy) is 3. The molecule has 1 aliphatic rings. The molecule has 0 saturated carbocycles. The van der Waals surface area contributed by atoms with E-state index in [2.05, 4.69) is 9.64 Å². The number of aliphatic hydroxyl groups is 1. The van der Waals surface area contributed by atoms with Crippen molar-refractivity contribution in [1.82, 2.24) is 4.90 Å². The first-order valence-corrected chi connectivity index (χ1v) is 6.71. The van der Waals surface area contributed by atoms with Crippen LogP contribution in [0.2, 0.25) is 0 Å². The van der Waals surface area contributed by atoms with Crippen molar-refractivity contribution >= 4 is 5.97 Å². The maximum Gasteiger partial charge on any atom is 0.308 e. The van der Waals surface area contributed by atoms with Gasteiger partial charge in [0.25, 0.3) is 0 Å². The summed E-state index contributed by atoms with van der Waals surface area (Å²) in [6.45, 7) is 6.70. The van der Waals surface area contributed by atoms with Crippen molar-refractivity contribution in [3.63, 3.8) is 0 Å². The van der Waals surface area contributed by atoms with Crippen molar-refractivity contribution in [3.05, 3.63) is 0 Å². The smallest absolute Gasteiger partial charge is 0.308 e. The van der Waals surface area contributed by atoms with Crippen LogP contribution in [0.4, 0.5) is 0 Å². The topological polar surface area (TPSA) is 68.2 Å². The fraction of sp³-hybridized carbons (Fsp3) is 0.923. The third kappa shape index (κ3) is 6.87. The van der Waals surface area contributed by atoms with Gasteiger partial charge in [0.2, 0.25) is 0 Å². The third-order valence-corrected chi connectivity index (χ3v) is 2.94. The zero-order valence-corrected chi connectivity index (χ0v) is 12.0. The van der Waals surface area contributed by atoms with E-state index in [1.165, 1.54) is 7.11 Å². The molecule has 1 heterocycles. The highest BCUT2D eigenvalue weighted by atomic mass is 16.5. The largest absolute Gasteiger partial charge is 0.469 e. The summed E-state index contributed by atoms with van der Waals surface area (Å²) in [5.41, 5.74) is 0. The number of hydrogen-bond acceptors (Lipinski definition) is 6. The van der Waals surface area contributed by atoms with Gasteiger partial charge in [-0.2, -0.15) is 0 Å². The Bertz CT molecular complexity index is 272. The number of carbonyl (C=O) groups excluding carboxylic acids is 1. The van der Waals surface area contributed by atoms with Gasteiger partial charge in [-0.1, -0.05) is 0 Å². The molecule has 0 radical (unpaired) electrons. The summed E-state index contributed by atoms with van der Waals surface area (Å²) in [6.07, 6.45) is -0.295. The monoisotopic (exact) mass is 275 g/mol. The first kappa shape index (κ1) is 16.4. The molecule has 0 aromatic carbocycles. The van der Waals surface area contributed by atoms with Gasteiger partial charge >= 0.3 is 5.97 Å². The Morgan fingerprint density at radius 1 is 1.53 bits per heavy atom. The highest BCUT2D eigenvalue weighted by molar-refractivity contribution is 5.69. The third-order valence-electron chi connectivity index (χ3n) is 2.94. The Labute approximate surface area is 114 Å². The van der Waals surface area contributed by atoms with Crippen LogP contribution >= 0.6 is 0 Å². The zero-order valence-electron chi connectivity index (χ0n) is 12.0. The minimum Gasteiger partial charge on any atom is -0.469 e. The number of hydrogen-bond donors (Lipinski definition) is 1. The Morgan fingerprint density at radius 2 is 2.26 bits per heavy atom. The minimum absolute atomic E-state index is 0.117. The highest BCUT2D eigenvalue weighted by Crippen LogP contribution is 2.10. The average Bonchev–Trinajstić information content (AvgIpc) is 2.36. The van der Waals surface area contributed by atoms with Crippen molar-refractivity contribution in [2.75, 3.05) is 40.0 Å². The van der Waals surface area contributed by atoms with E-state index in [0.717, 1.165) is 6.54 Å². The maximum atomic E-state index is 11.2. The van der Waals surface area contributed by atoms with E-state index >= 15 is 0 Å². The predicted molar refractivity (Wildman–Crippen MR) is 69.9 cm³/mol. The summed E-state index contributed by atoms with van der Waals surface area (Å²) < 4.78 is 15.5. The quantitative estimate of drug-likeness (QED) is 0.662. The molecule has 112 valence electrons. The zero-order chi connectivity index (χ0) is 14.3. The second-order valence-electron chi connectivity index (χ2n) is 5.07. The van der Waals surface area contributed by atoms with E-state index in [1.807, 2.05) is 13.8 Å². The molecular weight excluding hydrogens is 250 g/mol. The van der Waals surface area contributed by atoms with Crippen LogP contribution in [0.5, 0.6) is 0 Å². The molecule has 6 nitrogen and oxygen atoms in total. The SMILES string of the molecule is COC(=O)CC1CN(CC(O)COC(C)C)CCO1. The molecule has 1 saturated heterocycles. The first-order chi connectivity index (χ1) is 9.01. The van der Waals surface area contributed by atoms with E-state index in [-0.39, 0.29) is 24.6 Å². The number of carbonyl (C=O) groups is 1. The molecule has 19 heavy (non-hydrogen) atoms. The Kier molecular flexibility index (Phi) is 7.30. The number of β-amino-alcohol motifs (C(OH)–C–C–N with tert-alkyl or cyclic N) is 1. The minimum atomic E-state index is -0.515. The molecule has 0 aromatic heterocycles. The fourth-order valence-electron chi connectivity index (χ4n) is 1.99. The van der Waals surface area contributed by atoms with Crippen LogP contribution < -0.4 is 0 Å². The number of methoxy groups -OCH3 is 1. The predicted octanol–water partition coefficient (Wildman–Crippen LogP) is 0.0362. The van der Waals surface area contributed by atoms with Gasteiger partial charge in [-0.25, -0.2) is 0 Å². The summed E-state index contributed by atoms with van der Waals surface area (Å²) in [5.74, 6) is -0.268. The van der Waals surface area contributed by atoms with Crippen molar-refractivity contribution in [3.8, 4) is 0 Å². The fourth-order valence-corrected chi connectivity index (χ4v) is 1.99. The Morgan fingerprint density at radius 3 is 2.89 bits per heavy atom. The van der Waals surface area contributed by atoms with E-state index < -0.39 is 6.10 Å². The summed E-state index contributed by atoms with van der Waals surface area (Å²) in [6, 6.07) is 0. The van der Waals surface area contributed by atoms with Crippen LogP contribution in [0.3, 0.4) is 0 Å². The van der Waals surface area contributed by atoms with Gasteiger partial charge in [-0.15, -0.1) is 0 Å². The number of nitrogens with zero attached hydrogens (tertiary/aromatic N) is 1. The van der Waals surface area contributed by atoms with Gasteiger partial charge in [-0.3, -0.25) is 9.69 Å². The van der Waals surface area contributed by atoms with Crippen LogP contribution in [0.25, 0.3) is 0 Å². The van der Waals surface area contributed by atoms with Crippen LogP contribution in [0.15, 0.2) is 0 Å². The van der Waals surface area contributed by atoms with Crippen molar-refractivity contribution in [1.29, 1.82) is 0 Å². The lowest BCUT2D eigenvalue weighted by atomic mass is 10.2. The molecule has 1 fully saturated rings. The molecule has 1 N–H and O–H groups in total. The normalized spacial score (nSPS) is 22.5. The van der Waals surface area contributed by atoms with Gasteiger partial charge < -0.3 is 19.3 Å². The summed E-state index contributed by atoms with van der Waals surface area (Å²) in [7, 11) is 1.37. The van der Waals surface area contributed by atoms with Gasteiger partial charge in [0.1, 0.15) is 0 Å². The van der Waals surface area contributed by atoms with Gasteiger partial charge in [0.15, 0.2) is 0 Å². The molecule has 1 rings (SSSR count). The molecule has 2 unspecified atom stereocenters. The van der Waals surface area contributed by atoms with Gasteiger partial charge in [0.05, 0.1) is 45.1 Å². The van der Waals surface area contributed by atoms with Crippen LogP contribution in [0, 0.1) is 0 Å². The number of esters is 1. The van der Waals surface area contributed by atoms with Crippen molar-refractivity contribution in [2.45, 2.75) is 38.6 Å². The second-order valence-corrected chi connectivity index (χ2v) is 5.07. The van der Waals surface area contributed by atoms with Crippen LogP contribution in [-0.2, 0) is 19.0 Å². The Balaban J connectivity index is 2.28. The summed E-state index contributed by atoms with van der Waals surface area (Å²) in [4.78, 5) is 13.3. The average molecular weight is 275 g/mol. The van der Waals surface area contributed by atoms with Gasteiger partial charge in [-0.05, 0) is 13.8 Å². The molecule has 6 heteroatoms. The Hall–Kier alpha value is -0.690. The van der Waals surface area contributed by atoms with E-state index in [9.17, 15) is 9.90 Å². The summed E-state index contributed by atoms with van der Waals surface area (Å²) >= 11 is 0. The number of morpholine rings is 1. The molecule has 0 aromatic rings. The van der Waals surface area contributed by atoms with Gasteiger partial charge in [0, 0.05) is 19.6 Å². The first-order valence-electron chi connectivity index (χ1n) is 6.71. The standard InChI is InChI=1S/C13H25NO5/c1-10(2)19-9-11(15)7-14-4-5-18-12(8-14)6-13(16)17-3/h10-12,15H,4-9H2,1-3H3. The second kappa shape index (κ2) is 8.47. The lowest BCUT2D eigenvalue weighted by molar-refractivity contribution is -0.146. The van der Waals surface area contributed by atoms with E-state index in [1.54, 1.807) is 0 Å². The van der Waals surface area contributed by atoms with E-state index in [4.69, 9.17) is 9.47 Å². The molecule has 0 spiro atoms. The molecule has 2 atom stereocenters.